The Balaban J connectivity index is 0.000000246. The molecule has 0 bridgehead atoms. The molecule has 0 aliphatic carbocycles. The Morgan fingerprint density at radius 3 is 1.43 bits per heavy atom. The van der Waals surface area contributed by atoms with Crippen molar-refractivity contribution in [3.8, 4) is 23.0 Å². The van der Waals surface area contributed by atoms with Gasteiger partial charge in [0.2, 0.25) is 0 Å². The van der Waals surface area contributed by atoms with Crippen molar-refractivity contribution < 1.29 is 55.2 Å². The van der Waals surface area contributed by atoms with Crippen molar-refractivity contribution in [3.05, 3.63) is 166 Å². The molecule has 23 heteroatoms. The predicted octanol–water partition coefficient (Wildman–Crippen LogP) is 12.8. The molecule has 77 heavy (non-hydrogen) atoms. The van der Waals surface area contributed by atoms with Gasteiger partial charge in [-0.1, -0.05) is 91.3 Å². The molecule has 8 aromatic rings. The number of anilines is 2. The Bertz CT molecular complexity index is 3560. The van der Waals surface area contributed by atoms with E-state index in [9.17, 15) is 45.7 Å². The minimum absolute atomic E-state index is 0. The molecule has 18 nitrogen and oxygen atoms in total. The summed E-state index contributed by atoms with van der Waals surface area (Å²) >= 11 is 12.5. The van der Waals surface area contributed by atoms with Crippen LogP contribution in [0.15, 0.2) is 164 Å². The van der Waals surface area contributed by atoms with E-state index in [1.165, 1.54) is 36.4 Å². The minimum Gasteiger partial charge on any atom is -0.870 e. The SMILES string of the molecule is CCOc1ccc(NC(=O)c2cc3ccccc3c(N=Nc3c(Cl)cc(CC)cc3S(=O)(=O)O)c2O)cc1.CCOc1ccc(NC(=O)c2cc3ccccc3c(N=Nc3c(Cl)cc(CC)cc3S(=O)(=O)[O-])c2[O-])cc1.[Ca+2]. The summed E-state index contributed by atoms with van der Waals surface area (Å²) in [5, 5.41) is 47.7. The summed E-state index contributed by atoms with van der Waals surface area (Å²) in [4.78, 5) is 25.0. The van der Waals surface area contributed by atoms with E-state index < -0.39 is 53.3 Å². The largest absolute Gasteiger partial charge is 2.00 e. The number of benzene rings is 8. The summed E-state index contributed by atoms with van der Waals surface area (Å²) in [5.74, 6) is -1.19. The van der Waals surface area contributed by atoms with Gasteiger partial charge in [0, 0.05) is 27.7 Å². The van der Waals surface area contributed by atoms with E-state index in [2.05, 4.69) is 31.1 Å². The molecule has 0 aromatic heterocycles. The number of fused-ring (bicyclic) bond motifs is 2. The van der Waals surface area contributed by atoms with Crippen LogP contribution < -0.4 is 25.2 Å². The zero-order valence-corrected chi connectivity index (χ0v) is 46.9. The Hall–Kier alpha value is -6.72. The summed E-state index contributed by atoms with van der Waals surface area (Å²) in [5.41, 5.74) is 0.795. The van der Waals surface area contributed by atoms with Crippen LogP contribution in [0.2, 0.25) is 10.0 Å². The molecule has 0 aliphatic rings. The molecular weight excluding hydrogens is 1100 g/mol. The topological polar surface area (TPSA) is 281 Å². The number of azo groups is 2. The number of hydrogen-bond donors (Lipinski definition) is 4. The van der Waals surface area contributed by atoms with Gasteiger partial charge >= 0.3 is 37.7 Å². The maximum atomic E-state index is 13.4. The van der Waals surface area contributed by atoms with Crippen molar-refractivity contribution in [3.63, 3.8) is 0 Å². The van der Waals surface area contributed by atoms with Crippen LogP contribution in [-0.4, -0.2) is 93.8 Å². The Labute approximate surface area is 483 Å². The second kappa shape index (κ2) is 26.1. The van der Waals surface area contributed by atoms with Crippen LogP contribution in [0, 0.1) is 0 Å². The maximum Gasteiger partial charge on any atom is 2.00 e. The van der Waals surface area contributed by atoms with E-state index in [4.69, 9.17) is 32.7 Å². The van der Waals surface area contributed by atoms with Gasteiger partial charge in [-0.2, -0.15) is 13.5 Å². The molecule has 4 N–H and O–H groups in total. The summed E-state index contributed by atoms with van der Waals surface area (Å²) < 4.78 is 80.3. The number of carbonyl (C=O) groups is 2. The molecular formula is C54H46CaCl2N6O12S2. The van der Waals surface area contributed by atoms with Crippen LogP contribution >= 0.6 is 23.2 Å². The first-order valence-corrected chi connectivity index (χ1v) is 26.8. The van der Waals surface area contributed by atoms with Gasteiger partial charge in [0.05, 0.1) is 39.4 Å². The van der Waals surface area contributed by atoms with Crippen molar-refractivity contribution in [1.29, 1.82) is 0 Å². The molecule has 0 heterocycles. The van der Waals surface area contributed by atoms with E-state index in [0.29, 0.717) is 81.6 Å². The van der Waals surface area contributed by atoms with Gasteiger partial charge in [-0.15, -0.1) is 15.3 Å². The molecule has 0 unspecified atom stereocenters. The third-order valence-electron chi connectivity index (χ3n) is 11.3. The fourth-order valence-corrected chi connectivity index (χ4v) is 9.66. The number of ether oxygens (including phenoxy) is 2. The van der Waals surface area contributed by atoms with Gasteiger partial charge in [0.1, 0.15) is 43.6 Å². The van der Waals surface area contributed by atoms with Gasteiger partial charge in [-0.05, 0) is 134 Å². The first kappa shape index (κ1) is 59.5. The van der Waals surface area contributed by atoms with Crippen LogP contribution in [0.3, 0.4) is 0 Å². The first-order chi connectivity index (χ1) is 36.2. The Kier molecular flexibility index (Phi) is 20.2. The van der Waals surface area contributed by atoms with Gasteiger partial charge < -0.3 is 34.9 Å². The third-order valence-corrected chi connectivity index (χ3v) is 13.6. The number of phenolic OH excluding ortho intramolecular Hbond substituents is 1. The molecule has 0 saturated heterocycles. The molecule has 0 fully saturated rings. The number of nitrogens with zero attached hydrogens (tertiary/aromatic N) is 4. The van der Waals surface area contributed by atoms with Gasteiger partial charge in [-0.3, -0.25) is 14.1 Å². The minimum atomic E-state index is -4.95. The normalized spacial score (nSPS) is 11.5. The number of carbonyl (C=O) groups excluding carboxylic acids is 2. The molecule has 0 saturated carbocycles. The van der Waals surface area contributed by atoms with Crippen LogP contribution in [0.1, 0.15) is 59.5 Å². The summed E-state index contributed by atoms with van der Waals surface area (Å²) in [6.45, 7) is 8.30. The van der Waals surface area contributed by atoms with Crippen LogP contribution in [-0.2, 0) is 33.1 Å². The number of rotatable bonds is 16. The van der Waals surface area contributed by atoms with E-state index in [1.807, 2.05) is 13.8 Å². The van der Waals surface area contributed by atoms with E-state index in [1.54, 1.807) is 111 Å². The third kappa shape index (κ3) is 14.5. The average Bonchev–Trinajstić information content (AvgIpc) is 3.39. The molecule has 2 amide bonds. The number of aryl methyl sites for hydroxylation is 2. The maximum absolute atomic E-state index is 13.4. The molecule has 8 aromatic carbocycles. The number of hydrogen-bond acceptors (Lipinski definition) is 15. The van der Waals surface area contributed by atoms with Crippen molar-refractivity contribution in [2.45, 2.75) is 50.3 Å². The Morgan fingerprint density at radius 2 is 0.974 bits per heavy atom. The molecule has 392 valence electrons. The van der Waals surface area contributed by atoms with Gasteiger partial charge in [0.15, 0.2) is 5.75 Å². The predicted molar refractivity (Wildman–Crippen MR) is 294 cm³/mol. The van der Waals surface area contributed by atoms with E-state index >= 15 is 0 Å². The molecule has 8 rings (SSSR count). The first-order valence-electron chi connectivity index (χ1n) is 23.2. The zero-order valence-electron chi connectivity index (χ0n) is 41.6. The van der Waals surface area contributed by atoms with Crippen molar-refractivity contribution in [2.24, 2.45) is 20.5 Å². The van der Waals surface area contributed by atoms with Crippen LogP contribution in [0.25, 0.3) is 21.5 Å². The molecule has 0 spiro atoms. The molecule has 0 radical (unpaired) electrons. The second-order valence-corrected chi connectivity index (χ2v) is 19.9. The smallest absolute Gasteiger partial charge is 0.870 e. The Morgan fingerprint density at radius 1 is 0.571 bits per heavy atom. The summed E-state index contributed by atoms with van der Waals surface area (Å²) in [6.07, 6.45) is 0.900. The standard InChI is InChI=1S/2C27H24ClN3O6S.Ca/c2*1-3-16-13-22(28)25(23(14-16)38(34,35)36)31-30-24-20-8-6-5-7-17(20)15-21(26(24)32)27(33)29-18-9-11-19(12-10-18)37-4-2;/h2*5-15,32H,3-4H2,1-2H3,(H,29,33)(H,34,35,36);/q;;+2/p-2. The number of halogens is 2. The average molecular weight is 1150 g/mol. The van der Waals surface area contributed by atoms with E-state index in [-0.39, 0.29) is 81.7 Å². The van der Waals surface area contributed by atoms with Gasteiger partial charge in [-0.25, -0.2) is 8.42 Å². The quantitative estimate of drug-likeness (QED) is 0.0399. The number of nitrogens with one attached hydrogen (secondary N) is 2. The number of aromatic hydroxyl groups is 1. The van der Waals surface area contributed by atoms with Crippen molar-refractivity contribution >= 4 is 149 Å². The van der Waals surface area contributed by atoms with Gasteiger partial charge in [0.25, 0.3) is 21.9 Å². The van der Waals surface area contributed by atoms with Crippen LogP contribution in [0.5, 0.6) is 23.0 Å². The number of phenols is 1. The molecule has 0 atom stereocenters. The van der Waals surface area contributed by atoms with Crippen molar-refractivity contribution in [1.82, 2.24) is 0 Å². The van der Waals surface area contributed by atoms with E-state index in [0.717, 1.165) is 0 Å². The monoisotopic (exact) mass is 1140 g/mol. The van der Waals surface area contributed by atoms with Crippen molar-refractivity contribution in [2.75, 3.05) is 23.8 Å². The summed E-state index contributed by atoms with van der Waals surface area (Å²) in [7, 11) is -9.63. The molecule has 0 aliphatic heterocycles. The second-order valence-electron chi connectivity index (χ2n) is 16.4. The zero-order chi connectivity index (χ0) is 54.9. The fraction of sp³-hybridized carbons (Fsp3) is 0.148. The summed E-state index contributed by atoms with van der Waals surface area (Å²) in [6, 6.07) is 35.4. The van der Waals surface area contributed by atoms with Crippen LogP contribution in [0.4, 0.5) is 34.1 Å². The fourth-order valence-electron chi connectivity index (χ4n) is 7.61. The number of amides is 2.